The van der Waals surface area contributed by atoms with Crippen molar-refractivity contribution in [3.63, 3.8) is 0 Å². The summed E-state index contributed by atoms with van der Waals surface area (Å²) in [5, 5.41) is 2.80. The molecular formula is C13H13IN2O2. The van der Waals surface area contributed by atoms with Gasteiger partial charge in [0.05, 0.1) is 17.8 Å². The Morgan fingerprint density at radius 1 is 1.39 bits per heavy atom. The summed E-state index contributed by atoms with van der Waals surface area (Å²) in [6.45, 7) is 4.04. The van der Waals surface area contributed by atoms with E-state index >= 15 is 0 Å². The third-order valence-electron chi connectivity index (χ3n) is 2.59. The molecule has 1 N–H and O–H groups in total. The maximum Gasteiger partial charge on any atom is 0.252 e. The van der Waals surface area contributed by atoms with Gasteiger partial charge in [0.15, 0.2) is 0 Å². The molecule has 18 heavy (non-hydrogen) atoms. The van der Waals surface area contributed by atoms with E-state index in [9.17, 15) is 4.79 Å². The predicted octanol–water partition coefficient (Wildman–Crippen LogP) is 2.83. The Balaban J connectivity index is 2.03. The molecule has 94 valence electrons. The van der Waals surface area contributed by atoms with Crippen molar-refractivity contribution in [3.8, 4) is 0 Å². The Kier molecular flexibility index (Phi) is 4.00. The minimum absolute atomic E-state index is 0.117. The van der Waals surface area contributed by atoms with Gasteiger partial charge in [-0.3, -0.25) is 4.79 Å². The zero-order valence-corrected chi connectivity index (χ0v) is 12.3. The molecule has 4 nitrogen and oxygen atoms in total. The predicted molar refractivity (Wildman–Crippen MR) is 76.3 cm³/mol. The number of rotatable bonds is 3. The number of hydrogen-bond acceptors (Lipinski definition) is 3. The zero-order chi connectivity index (χ0) is 13.1. The van der Waals surface area contributed by atoms with Gasteiger partial charge in [0.2, 0.25) is 5.89 Å². The first-order chi connectivity index (χ1) is 8.58. The number of oxazole rings is 1. The molecule has 0 saturated heterocycles. The third kappa shape index (κ3) is 2.90. The summed E-state index contributed by atoms with van der Waals surface area (Å²) in [4.78, 5) is 16.2. The quantitative estimate of drug-likeness (QED) is 0.861. The molecule has 2 rings (SSSR count). The lowest BCUT2D eigenvalue weighted by Gasteiger charge is -2.04. The van der Waals surface area contributed by atoms with Crippen LogP contribution in [0.1, 0.15) is 27.7 Å². The molecule has 1 amide bonds. The Labute approximate surface area is 119 Å². The van der Waals surface area contributed by atoms with Crippen LogP contribution in [0.25, 0.3) is 0 Å². The molecule has 2 aromatic rings. The minimum Gasteiger partial charge on any atom is -0.444 e. The smallest absolute Gasteiger partial charge is 0.252 e. The van der Waals surface area contributed by atoms with Crippen LogP contribution in [0.2, 0.25) is 0 Å². The summed E-state index contributed by atoms with van der Waals surface area (Å²) in [6, 6.07) is 7.44. The number of aromatic nitrogens is 1. The molecule has 0 fully saturated rings. The van der Waals surface area contributed by atoms with Gasteiger partial charge in [-0.2, -0.15) is 0 Å². The fourth-order valence-electron chi connectivity index (χ4n) is 1.51. The van der Waals surface area contributed by atoms with Gasteiger partial charge in [-0.25, -0.2) is 4.98 Å². The molecule has 5 heteroatoms. The molecule has 1 aromatic heterocycles. The Bertz CT molecular complexity index is 559. The molecule has 0 aliphatic heterocycles. The van der Waals surface area contributed by atoms with E-state index in [1.165, 1.54) is 0 Å². The van der Waals surface area contributed by atoms with Crippen LogP contribution in [-0.4, -0.2) is 10.9 Å². The van der Waals surface area contributed by atoms with Gasteiger partial charge in [0.1, 0.15) is 5.76 Å². The zero-order valence-electron chi connectivity index (χ0n) is 10.2. The van der Waals surface area contributed by atoms with E-state index in [0.29, 0.717) is 18.0 Å². The summed E-state index contributed by atoms with van der Waals surface area (Å²) in [6.07, 6.45) is 0. The van der Waals surface area contributed by atoms with Crippen LogP contribution < -0.4 is 5.32 Å². The number of aryl methyl sites for hydroxylation is 2. The molecule has 0 radical (unpaired) electrons. The van der Waals surface area contributed by atoms with Crippen LogP contribution in [-0.2, 0) is 6.54 Å². The molecule has 1 heterocycles. The second-order valence-electron chi connectivity index (χ2n) is 3.91. The number of benzene rings is 1. The standard InChI is InChI=1S/C13H13IN2O2/c1-8-9(2)18-12(16-8)7-15-13(17)10-5-3-4-6-11(10)14/h3-6H,7H2,1-2H3,(H,15,17). The largest absolute Gasteiger partial charge is 0.444 e. The molecule has 0 unspecified atom stereocenters. The number of amides is 1. The van der Waals surface area contributed by atoms with E-state index in [1.54, 1.807) is 6.07 Å². The van der Waals surface area contributed by atoms with Crippen molar-refractivity contribution in [2.75, 3.05) is 0 Å². The number of hydrogen-bond donors (Lipinski definition) is 1. The van der Waals surface area contributed by atoms with Crippen molar-refractivity contribution in [1.29, 1.82) is 0 Å². The molecule has 0 aliphatic carbocycles. The second kappa shape index (κ2) is 5.51. The van der Waals surface area contributed by atoms with E-state index in [1.807, 2.05) is 32.0 Å². The van der Waals surface area contributed by atoms with E-state index in [2.05, 4.69) is 32.9 Å². The topological polar surface area (TPSA) is 55.1 Å². The van der Waals surface area contributed by atoms with E-state index in [-0.39, 0.29) is 5.91 Å². The molecule has 0 atom stereocenters. The third-order valence-corrected chi connectivity index (χ3v) is 3.53. The van der Waals surface area contributed by atoms with Crippen molar-refractivity contribution in [1.82, 2.24) is 10.3 Å². The fraction of sp³-hybridized carbons (Fsp3) is 0.231. The van der Waals surface area contributed by atoms with E-state index in [0.717, 1.165) is 15.0 Å². The van der Waals surface area contributed by atoms with Crippen LogP contribution >= 0.6 is 22.6 Å². The molecule has 0 spiro atoms. The van der Waals surface area contributed by atoms with Gasteiger partial charge >= 0.3 is 0 Å². The molecule has 0 bridgehead atoms. The molecular weight excluding hydrogens is 343 g/mol. The summed E-state index contributed by atoms with van der Waals surface area (Å²) >= 11 is 2.14. The summed E-state index contributed by atoms with van der Waals surface area (Å²) in [7, 11) is 0. The number of carbonyl (C=O) groups excluding carboxylic acids is 1. The summed E-state index contributed by atoms with van der Waals surface area (Å²) in [5.74, 6) is 1.20. The lowest BCUT2D eigenvalue weighted by Crippen LogP contribution is -2.23. The van der Waals surface area contributed by atoms with Crippen molar-refractivity contribution < 1.29 is 9.21 Å². The average molecular weight is 356 g/mol. The highest BCUT2D eigenvalue weighted by atomic mass is 127. The van der Waals surface area contributed by atoms with Gasteiger partial charge in [0.25, 0.3) is 5.91 Å². The number of nitrogens with one attached hydrogen (secondary N) is 1. The second-order valence-corrected chi connectivity index (χ2v) is 5.07. The first-order valence-electron chi connectivity index (χ1n) is 5.53. The molecule has 0 aliphatic rings. The van der Waals surface area contributed by atoms with Crippen LogP contribution in [0.5, 0.6) is 0 Å². The minimum atomic E-state index is -0.117. The summed E-state index contributed by atoms with van der Waals surface area (Å²) in [5.41, 5.74) is 1.52. The van der Waals surface area contributed by atoms with Crippen molar-refractivity contribution in [2.24, 2.45) is 0 Å². The van der Waals surface area contributed by atoms with Crippen molar-refractivity contribution in [3.05, 3.63) is 50.7 Å². The lowest BCUT2D eigenvalue weighted by atomic mass is 10.2. The Morgan fingerprint density at radius 3 is 2.72 bits per heavy atom. The van der Waals surface area contributed by atoms with Crippen LogP contribution in [0.3, 0.4) is 0 Å². The Morgan fingerprint density at radius 2 is 2.11 bits per heavy atom. The Hall–Kier alpha value is -1.37. The normalized spacial score (nSPS) is 10.4. The lowest BCUT2D eigenvalue weighted by molar-refractivity contribution is 0.0946. The summed E-state index contributed by atoms with van der Waals surface area (Å²) < 4.78 is 6.33. The van der Waals surface area contributed by atoms with Crippen LogP contribution in [0.4, 0.5) is 0 Å². The van der Waals surface area contributed by atoms with Gasteiger partial charge in [-0.05, 0) is 48.6 Å². The molecule has 1 aromatic carbocycles. The van der Waals surface area contributed by atoms with Gasteiger partial charge in [-0.1, -0.05) is 12.1 Å². The van der Waals surface area contributed by atoms with Crippen LogP contribution in [0, 0.1) is 17.4 Å². The fourth-order valence-corrected chi connectivity index (χ4v) is 2.14. The highest BCUT2D eigenvalue weighted by Crippen LogP contribution is 2.12. The molecule has 0 saturated carbocycles. The number of carbonyl (C=O) groups is 1. The first-order valence-corrected chi connectivity index (χ1v) is 6.61. The van der Waals surface area contributed by atoms with Crippen molar-refractivity contribution in [2.45, 2.75) is 20.4 Å². The van der Waals surface area contributed by atoms with Crippen molar-refractivity contribution >= 4 is 28.5 Å². The SMILES string of the molecule is Cc1nc(CNC(=O)c2ccccc2I)oc1C. The number of nitrogens with zero attached hydrogens (tertiary/aromatic N) is 1. The highest BCUT2D eigenvalue weighted by Gasteiger charge is 2.11. The monoisotopic (exact) mass is 356 g/mol. The van der Waals surface area contributed by atoms with Gasteiger partial charge in [0, 0.05) is 3.57 Å². The highest BCUT2D eigenvalue weighted by molar-refractivity contribution is 14.1. The average Bonchev–Trinajstić information content (AvgIpc) is 2.66. The maximum atomic E-state index is 11.9. The number of halogens is 1. The van der Waals surface area contributed by atoms with Crippen LogP contribution in [0.15, 0.2) is 28.7 Å². The van der Waals surface area contributed by atoms with Gasteiger partial charge < -0.3 is 9.73 Å². The van der Waals surface area contributed by atoms with E-state index in [4.69, 9.17) is 4.42 Å². The first kappa shape index (κ1) is 13.1. The van der Waals surface area contributed by atoms with E-state index < -0.39 is 0 Å². The maximum absolute atomic E-state index is 11.9. The van der Waals surface area contributed by atoms with Gasteiger partial charge in [-0.15, -0.1) is 0 Å².